The van der Waals surface area contributed by atoms with Crippen molar-refractivity contribution in [2.24, 2.45) is 0 Å². The van der Waals surface area contributed by atoms with Crippen LogP contribution in [0.1, 0.15) is 23.2 Å². The van der Waals surface area contributed by atoms with Gasteiger partial charge in [0.05, 0.1) is 18.1 Å². The van der Waals surface area contributed by atoms with E-state index < -0.39 is 5.82 Å². The third-order valence-corrected chi connectivity index (χ3v) is 2.47. The number of halogens is 2. The van der Waals surface area contributed by atoms with Crippen LogP contribution in [0.2, 0.25) is 5.02 Å². The number of hydrogen-bond donors (Lipinski definition) is 0. The molecular formula is C12H12ClFO3. The van der Waals surface area contributed by atoms with Crippen molar-refractivity contribution in [2.45, 2.75) is 12.8 Å². The number of methoxy groups -OCH3 is 1. The van der Waals surface area contributed by atoms with Crippen LogP contribution in [0.5, 0.6) is 0 Å². The molecule has 0 saturated heterocycles. The maximum absolute atomic E-state index is 12.9. The monoisotopic (exact) mass is 258 g/mol. The Hall–Kier alpha value is -1.26. The number of rotatable bonds is 6. The van der Waals surface area contributed by atoms with Gasteiger partial charge in [0.2, 0.25) is 0 Å². The van der Waals surface area contributed by atoms with E-state index in [1.165, 1.54) is 19.2 Å². The number of benzene rings is 1. The molecule has 0 spiro atoms. The van der Waals surface area contributed by atoms with Gasteiger partial charge in [-0.1, -0.05) is 11.6 Å². The molecule has 0 saturated carbocycles. The van der Waals surface area contributed by atoms with Gasteiger partial charge in [-0.05, 0) is 18.2 Å². The van der Waals surface area contributed by atoms with Crippen molar-refractivity contribution < 1.29 is 18.7 Å². The third kappa shape index (κ3) is 4.24. The first-order valence-corrected chi connectivity index (χ1v) is 5.41. The van der Waals surface area contributed by atoms with E-state index in [0.29, 0.717) is 0 Å². The van der Waals surface area contributed by atoms with Gasteiger partial charge in [0.1, 0.15) is 11.6 Å². The van der Waals surface area contributed by atoms with Gasteiger partial charge in [0.25, 0.3) is 0 Å². The predicted molar refractivity (Wildman–Crippen MR) is 61.9 cm³/mol. The highest BCUT2D eigenvalue weighted by Gasteiger charge is 2.13. The van der Waals surface area contributed by atoms with E-state index in [9.17, 15) is 14.0 Å². The maximum atomic E-state index is 12.9. The lowest BCUT2D eigenvalue weighted by atomic mass is 10.0. The zero-order valence-electron chi connectivity index (χ0n) is 9.33. The van der Waals surface area contributed by atoms with Gasteiger partial charge < -0.3 is 4.74 Å². The van der Waals surface area contributed by atoms with Crippen LogP contribution in [-0.4, -0.2) is 25.3 Å². The van der Waals surface area contributed by atoms with Crippen molar-refractivity contribution >= 4 is 23.2 Å². The van der Waals surface area contributed by atoms with Crippen LogP contribution in [0, 0.1) is 5.82 Å². The topological polar surface area (TPSA) is 43.4 Å². The number of Topliss-reactive ketones (excluding diaryl/α,β-unsaturated/α-hetero) is 2. The minimum absolute atomic E-state index is 0.125. The van der Waals surface area contributed by atoms with E-state index >= 15 is 0 Å². The molecule has 0 amide bonds. The molecule has 0 atom stereocenters. The molecule has 0 aliphatic heterocycles. The predicted octanol–water partition coefficient (Wildman–Crippen LogP) is 2.66. The second-order valence-electron chi connectivity index (χ2n) is 3.51. The number of carbonyl (C=O) groups excluding carboxylic acids is 2. The molecule has 92 valence electrons. The molecule has 0 bridgehead atoms. The summed E-state index contributed by atoms with van der Waals surface area (Å²) < 4.78 is 17.6. The van der Waals surface area contributed by atoms with E-state index in [1.807, 2.05) is 0 Å². The molecule has 1 aromatic carbocycles. The van der Waals surface area contributed by atoms with Crippen molar-refractivity contribution in [1.29, 1.82) is 0 Å². The lowest BCUT2D eigenvalue weighted by molar-refractivity contribution is -0.119. The van der Waals surface area contributed by atoms with Gasteiger partial charge in [-0.3, -0.25) is 9.59 Å². The summed E-state index contributed by atoms with van der Waals surface area (Å²) in [6.45, 7) is 0.288. The number of ether oxygens (including phenoxy) is 1. The van der Waals surface area contributed by atoms with Gasteiger partial charge in [0.15, 0.2) is 5.78 Å². The fourth-order valence-corrected chi connectivity index (χ4v) is 1.44. The van der Waals surface area contributed by atoms with Gasteiger partial charge in [0, 0.05) is 19.1 Å². The van der Waals surface area contributed by atoms with E-state index in [-0.39, 0.29) is 41.6 Å². The Labute approximate surface area is 104 Å². The molecule has 1 rings (SSSR count). The van der Waals surface area contributed by atoms with Crippen LogP contribution < -0.4 is 0 Å². The number of ketones is 2. The first-order valence-electron chi connectivity index (χ1n) is 5.03. The lowest BCUT2D eigenvalue weighted by Crippen LogP contribution is -2.10. The van der Waals surface area contributed by atoms with Crippen molar-refractivity contribution in [2.75, 3.05) is 13.7 Å². The minimum atomic E-state index is -0.589. The van der Waals surface area contributed by atoms with Crippen molar-refractivity contribution in [3.05, 3.63) is 34.6 Å². The van der Waals surface area contributed by atoms with Gasteiger partial charge in [-0.15, -0.1) is 0 Å². The Kier molecular flexibility index (Phi) is 5.25. The summed E-state index contributed by atoms with van der Waals surface area (Å²) in [6, 6.07) is 3.64. The summed E-state index contributed by atoms with van der Waals surface area (Å²) in [5, 5.41) is -0.125. The van der Waals surface area contributed by atoms with Crippen molar-refractivity contribution in [1.82, 2.24) is 0 Å². The molecule has 0 aromatic heterocycles. The second kappa shape index (κ2) is 6.47. The second-order valence-corrected chi connectivity index (χ2v) is 3.92. The molecule has 0 radical (unpaired) electrons. The first-order chi connectivity index (χ1) is 8.04. The maximum Gasteiger partial charge on any atom is 0.170 e. The molecule has 5 heteroatoms. The number of carbonyl (C=O) groups is 2. The van der Waals surface area contributed by atoms with Crippen molar-refractivity contribution in [3.8, 4) is 0 Å². The summed E-state index contributed by atoms with van der Waals surface area (Å²) in [5.41, 5.74) is 0.238. The van der Waals surface area contributed by atoms with E-state index in [4.69, 9.17) is 16.3 Å². The van der Waals surface area contributed by atoms with Crippen LogP contribution >= 0.6 is 11.6 Å². The van der Waals surface area contributed by atoms with Crippen LogP contribution in [-0.2, 0) is 9.53 Å². The summed E-state index contributed by atoms with van der Waals surface area (Å²) >= 11 is 5.55. The van der Waals surface area contributed by atoms with Crippen LogP contribution in [0.15, 0.2) is 18.2 Å². The Bertz CT molecular complexity index is 432. The lowest BCUT2D eigenvalue weighted by Gasteiger charge is -2.02. The highest BCUT2D eigenvalue weighted by Crippen LogP contribution is 2.17. The van der Waals surface area contributed by atoms with Crippen molar-refractivity contribution in [3.63, 3.8) is 0 Å². The summed E-state index contributed by atoms with van der Waals surface area (Å²) in [6.07, 6.45) is -0.0253. The molecule has 0 fully saturated rings. The molecule has 0 heterocycles. The summed E-state index contributed by atoms with van der Waals surface area (Å²) in [5.74, 6) is -1.17. The van der Waals surface area contributed by atoms with Crippen LogP contribution in [0.25, 0.3) is 0 Å². The molecule has 0 aliphatic rings. The average Bonchev–Trinajstić information content (AvgIpc) is 2.30. The SMILES string of the molecule is COCCC(=O)CC(=O)c1ccc(F)c(Cl)c1. The largest absolute Gasteiger partial charge is 0.384 e. The highest BCUT2D eigenvalue weighted by atomic mass is 35.5. The Morgan fingerprint density at radius 1 is 1.41 bits per heavy atom. The summed E-state index contributed by atoms with van der Waals surface area (Å²) in [4.78, 5) is 23.0. The minimum Gasteiger partial charge on any atom is -0.384 e. The van der Waals surface area contributed by atoms with Gasteiger partial charge in [-0.2, -0.15) is 0 Å². The zero-order valence-corrected chi connectivity index (χ0v) is 10.1. The normalized spacial score (nSPS) is 10.3. The van der Waals surface area contributed by atoms with Crippen LogP contribution in [0.3, 0.4) is 0 Å². The van der Waals surface area contributed by atoms with Crippen LogP contribution in [0.4, 0.5) is 4.39 Å². The van der Waals surface area contributed by atoms with Gasteiger partial charge in [-0.25, -0.2) is 4.39 Å². The van der Waals surface area contributed by atoms with E-state index in [1.54, 1.807) is 0 Å². The molecule has 0 aliphatic carbocycles. The average molecular weight is 259 g/mol. The summed E-state index contributed by atoms with van der Waals surface area (Å²) in [7, 11) is 1.48. The Morgan fingerprint density at radius 3 is 2.71 bits per heavy atom. The Balaban J connectivity index is 2.63. The fourth-order valence-electron chi connectivity index (χ4n) is 1.26. The zero-order chi connectivity index (χ0) is 12.8. The van der Waals surface area contributed by atoms with E-state index in [0.717, 1.165) is 6.07 Å². The first kappa shape index (κ1) is 13.8. The molecular weight excluding hydrogens is 247 g/mol. The van der Waals surface area contributed by atoms with E-state index in [2.05, 4.69) is 0 Å². The third-order valence-electron chi connectivity index (χ3n) is 2.18. The standard InChI is InChI=1S/C12H12ClFO3/c1-17-5-4-9(15)7-12(16)8-2-3-11(14)10(13)6-8/h2-3,6H,4-5,7H2,1H3. The molecule has 1 aromatic rings. The smallest absolute Gasteiger partial charge is 0.170 e. The molecule has 17 heavy (non-hydrogen) atoms. The number of hydrogen-bond acceptors (Lipinski definition) is 3. The highest BCUT2D eigenvalue weighted by molar-refractivity contribution is 6.31. The molecule has 0 unspecified atom stereocenters. The van der Waals surface area contributed by atoms with Gasteiger partial charge >= 0.3 is 0 Å². The quantitative estimate of drug-likeness (QED) is 0.582. The molecule has 0 N–H and O–H groups in total. The fraction of sp³-hybridized carbons (Fsp3) is 0.333. The Morgan fingerprint density at radius 2 is 2.12 bits per heavy atom. The molecule has 3 nitrogen and oxygen atoms in total.